The molecule has 0 radical (unpaired) electrons. The lowest BCUT2D eigenvalue weighted by Crippen LogP contribution is -2.44. The number of halogens is 2. The van der Waals surface area contributed by atoms with Crippen LogP contribution in [-0.2, 0) is 10.2 Å². The number of rotatable bonds is 0. The summed E-state index contributed by atoms with van der Waals surface area (Å²) in [6.45, 7) is 1.78. The molecule has 0 saturated carbocycles. The lowest BCUT2D eigenvalue weighted by Gasteiger charge is -2.31. The average molecular weight is 273 g/mol. The number of amides is 1. The number of para-hydroxylation sites is 1. The number of piperidine rings is 1. The Bertz CT molecular complexity index is 456. The maximum absolute atomic E-state index is 12.2. The van der Waals surface area contributed by atoms with Gasteiger partial charge in [-0.3, -0.25) is 4.79 Å². The van der Waals surface area contributed by atoms with Gasteiger partial charge in [0.15, 0.2) is 0 Å². The van der Waals surface area contributed by atoms with Crippen LogP contribution in [0.25, 0.3) is 0 Å². The lowest BCUT2D eigenvalue weighted by molar-refractivity contribution is -0.121. The Morgan fingerprint density at radius 2 is 1.94 bits per heavy atom. The van der Waals surface area contributed by atoms with Crippen molar-refractivity contribution in [3.05, 3.63) is 28.8 Å². The summed E-state index contributed by atoms with van der Waals surface area (Å²) < 4.78 is 0. The second-order valence-corrected chi connectivity index (χ2v) is 4.86. The number of carbonyl (C=O) groups excluding carboxylic acids is 1. The molecule has 1 spiro atoms. The topological polar surface area (TPSA) is 41.1 Å². The van der Waals surface area contributed by atoms with Crippen molar-refractivity contribution in [1.29, 1.82) is 0 Å². The molecule has 2 N–H and O–H groups in total. The molecule has 3 rings (SSSR count). The number of benzene rings is 1. The molecule has 0 atom stereocenters. The quantitative estimate of drug-likeness (QED) is 0.761. The van der Waals surface area contributed by atoms with Crippen LogP contribution in [-0.4, -0.2) is 19.0 Å². The van der Waals surface area contributed by atoms with E-state index in [4.69, 9.17) is 11.6 Å². The molecule has 0 aliphatic carbocycles. The summed E-state index contributed by atoms with van der Waals surface area (Å²) in [7, 11) is 0. The van der Waals surface area contributed by atoms with Crippen LogP contribution in [0.4, 0.5) is 5.69 Å². The fourth-order valence-electron chi connectivity index (χ4n) is 2.76. The molecule has 1 aromatic rings. The maximum Gasteiger partial charge on any atom is 0.235 e. The molecule has 1 fully saturated rings. The highest BCUT2D eigenvalue weighted by Crippen LogP contribution is 2.46. The molecule has 2 aliphatic heterocycles. The van der Waals surface area contributed by atoms with Crippen LogP contribution >= 0.6 is 24.0 Å². The summed E-state index contributed by atoms with van der Waals surface area (Å²) in [4.78, 5) is 12.2. The van der Waals surface area contributed by atoms with Gasteiger partial charge in [-0.1, -0.05) is 23.7 Å². The highest BCUT2D eigenvalue weighted by Gasteiger charge is 2.47. The van der Waals surface area contributed by atoms with E-state index < -0.39 is 0 Å². The third-order valence-corrected chi connectivity index (χ3v) is 3.97. The van der Waals surface area contributed by atoms with Crippen molar-refractivity contribution in [2.75, 3.05) is 18.4 Å². The first kappa shape index (κ1) is 12.7. The Morgan fingerprint density at radius 3 is 2.65 bits per heavy atom. The summed E-state index contributed by atoms with van der Waals surface area (Å²) >= 11 is 6.11. The molecule has 1 aromatic carbocycles. The minimum Gasteiger partial charge on any atom is -0.324 e. The van der Waals surface area contributed by atoms with E-state index >= 15 is 0 Å². The van der Waals surface area contributed by atoms with E-state index in [1.165, 1.54) is 0 Å². The minimum atomic E-state index is -0.342. The molecule has 1 amide bonds. The fraction of sp³-hybridized carbons (Fsp3) is 0.417. The van der Waals surface area contributed by atoms with Gasteiger partial charge in [0.1, 0.15) is 0 Å². The molecule has 0 aromatic heterocycles. The number of nitrogens with one attached hydrogen (secondary N) is 2. The van der Waals surface area contributed by atoms with Crippen LogP contribution in [0, 0.1) is 0 Å². The van der Waals surface area contributed by atoms with Gasteiger partial charge in [0.2, 0.25) is 5.91 Å². The Hall–Kier alpha value is -0.770. The molecule has 92 valence electrons. The van der Waals surface area contributed by atoms with Crippen molar-refractivity contribution in [3.8, 4) is 0 Å². The highest BCUT2D eigenvalue weighted by molar-refractivity contribution is 6.34. The summed E-state index contributed by atoms with van der Waals surface area (Å²) in [5, 5.41) is 6.86. The molecule has 0 bridgehead atoms. The largest absolute Gasteiger partial charge is 0.324 e. The minimum absolute atomic E-state index is 0. The van der Waals surface area contributed by atoms with Gasteiger partial charge >= 0.3 is 0 Å². The van der Waals surface area contributed by atoms with Crippen LogP contribution in [0.15, 0.2) is 18.2 Å². The first-order valence-electron chi connectivity index (χ1n) is 5.55. The number of hydrogen-bond acceptors (Lipinski definition) is 2. The van der Waals surface area contributed by atoms with Crippen molar-refractivity contribution in [1.82, 2.24) is 5.32 Å². The van der Waals surface area contributed by atoms with Gasteiger partial charge in [0.05, 0.1) is 16.1 Å². The van der Waals surface area contributed by atoms with Crippen LogP contribution in [0.1, 0.15) is 18.4 Å². The van der Waals surface area contributed by atoms with E-state index in [2.05, 4.69) is 10.6 Å². The van der Waals surface area contributed by atoms with E-state index in [0.717, 1.165) is 37.2 Å². The average Bonchev–Trinajstić information content (AvgIpc) is 2.57. The second kappa shape index (κ2) is 4.48. The van der Waals surface area contributed by atoms with Crippen molar-refractivity contribution < 1.29 is 4.79 Å². The zero-order chi connectivity index (χ0) is 11.2. The summed E-state index contributed by atoms with van der Waals surface area (Å²) in [5.41, 5.74) is 1.55. The van der Waals surface area contributed by atoms with E-state index in [1.54, 1.807) is 0 Å². The van der Waals surface area contributed by atoms with Crippen LogP contribution in [0.3, 0.4) is 0 Å². The number of carbonyl (C=O) groups is 1. The Balaban J connectivity index is 0.00000108. The van der Waals surface area contributed by atoms with Crippen molar-refractivity contribution in [3.63, 3.8) is 0 Å². The molecule has 2 aliphatic rings. The molecule has 5 heteroatoms. The van der Waals surface area contributed by atoms with Gasteiger partial charge in [-0.05, 0) is 37.6 Å². The van der Waals surface area contributed by atoms with E-state index in [1.807, 2.05) is 18.2 Å². The molecular formula is C12H14Cl2N2O. The Labute approximate surface area is 111 Å². The van der Waals surface area contributed by atoms with Gasteiger partial charge < -0.3 is 10.6 Å². The van der Waals surface area contributed by atoms with E-state index in [0.29, 0.717) is 5.02 Å². The van der Waals surface area contributed by atoms with Gasteiger partial charge in [-0.15, -0.1) is 12.4 Å². The third-order valence-electron chi connectivity index (χ3n) is 3.66. The smallest absolute Gasteiger partial charge is 0.235 e. The second-order valence-electron chi connectivity index (χ2n) is 4.45. The molecule has 0 unspecified atom stereocenters. The van der Waals surface area contributed by atoms with Gasteiger partial charge in [0.25, 0.3) is 0 Å². The molecule has 3 nitrogen and oxygen atoms in total. The summed E-state index contributed by atoms with van der Waals surface area (Å²) in [5.74, 6) is 0.108. The number of hydrogen-bond donors (Lipinski definition) is 2. The number of fused-ring (bicyclic) bond motifs is 2. The number of anilines is 1. The normalized spacial score (nSPS) is 20.6. The molecular weight excluding hydrogens is 259 g/mol. The van der Waals surface area contributed by atoms with Crippen molar-refractivity contribution in [2.24, 2.45) is 0 Å². The van der Waals surface area contributed by atoms with E-state index in [-0.39, 0.29) is 23.7 Å². The van der Waals surface area contributed by atoms with Crippen molar-refractivity contribution in [2.45, 2.75) is 18.3 Å². The third kappa shape index (κ3) is 1.73. The van der Waals surface area contributed by atoms with Crippen molar-refractivity contribution >= 4 is 35.6 Å². The molecule has 17 heavy (non-hydrogen) atoms. The zero-order valence-electron chi connectivity index (χ0n) is 9.25. The monoisotopic (exact) mass is 272 g/mol. The zero-order valence-corrected chi connectivity index (χ0v) is 10.8. The lowest BCUT2D eigenvalue weighted by atomic mass is 9.74. The van der Waals surface area contributed by atoms with Crippen LogP contribution in [0.2, 0.25) is 5.02 Å². The predicted molar refractivity (Wildman–Crippen MR) is 71.1 cm³/mol. The standard InChI is InChI=1S/C12H13ClN2O.ClH/c13-9-3-1-2-8-10(9)15-11(16)12(8)4-6-14-7-5-12;/h1-3,14H,4-7H2,(H,15,16);1H. The van der Waals surface area contributed by atoms with Gasteiger partial charge in [-0.2, -0.15) is 0 Å². The van der Waals surface area contributed by atoms with Gasteiger partial charge in [0, 0.05) is 0 Å². The fourth-order valence-corrected chi connectivity index (χ4v) is 2.98. The predicted octanol–water partition coefficient (Wildman–Crippen LogP) is 2.34. The summed E-state index contributed by atoms with van der Waals surface area (Å²) in [6.07, 6.45) is 1.71. The van der Waals surface area contributed by atoms with Crippen LogP contribution < -0.4 is 10.6 Å². The summed E-state index contributed by atoms with van der Waals surface area (Å²) in [6, 6.07) is 5.76. The van der Waals surface area contributed by atoms with Gasteiger partial charge in [-0.25, -0.2) is 0 Å². The molecule has 1 saturated heterocycles. The highest BCUT2D eigenvalue weighted by atomic mass is 35.5. The van der Waals surface area contributed by atoms with Crippen LogP contribution in [0.5, 0.6) is 0 Å². The first-order chi connectivity index (χ1) is 7.74. The first-order valence-corrected chi connectivity index (χ1v) is 5.93. The Kier molecular flexibility index (Phi) is 3.34. The Morgan fingerprint density at radius 1 is 1.24 bits per heavy atom. The maximum atomic E-state index is 12.2. The van der Waals surface area contributed by atoms with E-state index in [9.17, 15) is 4.79 Å². The molecule has 2 heterocycles. The SMILES string of the molecule is Cl.O=C1Nc2c(Cl)cccc2C12CCNCC2.